The average molecular weight is 351 g/mol. The highest BCUT2D eigenvalue weighted by Crippen LogP contribution is 2.00. The molecule has 0 atom stereocenters. The Kier molecular flexibility index (Phi) is 22.2. The van der Waals surface area contributed by atoms with Crippen molar-refractivity contribution in [2.75, 3.05) is 52.4 Å². The molecule has 0 aliphatic carbocycles. The minimum atomic E-state index is 0.922. The van der Waals surface area contributed by atoms with E-state index in [-0.39, 0.29) is 0 Å². The molecule has 0 aromatic rings. The van der Waals surface area contributed by atoms with Crippen LogP contribution in [0.25, 0.3) is 0 Å². The van der Waals surface area contributed by atoms with Gasteiger partial charge in [0.05, 0.1) is 0 Å². The molecule has 0 saturated heterocycles. The average Bonchev–Trinajstić information content (AvgIpc) is 2.63. The van der Waals surface area contributed by atoms with Crippen LogP contribution >= 0.6 is 0 Å². The van der Waals surface area contributed by atoms with Gasteiger partial charge in [-0.2, -0.15) is 0 Å². The predicted octanol–water partition coefficient (Wildman–Crippen LogP) is 3.00. The minimum absolute atomic E-state index is 0.922. The Morgan fingerprint density at radius 1 is 0.480 bits per heavy atom. The van der Waals surface area contributed by atoms with Crippen LogP contribution in [0.2, 0.25) is 0 Å². The molecule has 0 bridgehead atoms. The molecule has 0 amide bonds. The molecule has 0 spiro atoms. The SMILES string of the molecule is CCCCCCCNC/C=C\CNC/C=C\CNC/C=C\CNCC. The summed E-state index contributed by atoms with van der Waals surface area (Å²) in [4.78, 5) is 0. The van der Waals surface area contributed by atoms with Crippen LogP contribution in [0.4, 0.5) is 0 Å². The number of hydrogen-bond donors (Lipinski definition) is 4. The van der Waals surface area contributed by atoms with Gasteiger partial charge in [0, 0.05) is 39.3 Å². The highest BCUT2D eigenvalue weighted by Gasteiger charge is 1.88. The smallest absolute Gasteiger partial charge is 0.0138 e. The second-order valence-corrected chi connectivity index (χ2v) is 6.16. The van der Waals surface area contributed by atoms with Crippen molar-refractivity contribution in [2.45, 2.75) is 46.0 Å². The first-order chi connectivity index (χ1) is 12.4. The van der Waals surface area contributed by atoms with Crippen molar-refractivity contribution in [3.8, 4) is 0 Å². The highest BCUT2D eigenvalue weighted by molar-refractivity contribution is 4.91. The predicted molar refractivity (Wildman–Crippen MR) is 113 cm³/mol. The molecule has 0 unspecified atom stereocenters. The molecule has 0 radical (unpaired) electrons. The van der Waals surface area contributed by atoms with Crippen LogP contribution in [0.3, 0.4) is 0 Å². The van der Waals surface area contributed by atoms with Gasteiger partial charge in [0.15, 0.2) is 0 Å². The normalized spacial score (nSPS) is 12.2. The second-order valence-electron chi connectivity index (χ2n) is 6.16. The lowest BCUT2D eigenvalue weighted by atomic mass is 10.1. The molecule has 25 heavy (non-hydrogen) atoms. The van der Waals surface area contributed by atoms with Gasteiger partial charge in [-0.1, -0.05) is 76.0 Å². The maximum Gasteiger partial charge on any atom is 0.0138 e. The molecule has 0 rings (SSSR count). The van der Waals surface area contributed by atoms with E-state index in [0.29, 0.717) is 0 Å². The van der Waals surface area contributed by atoms with Crippen LogP contribution in [-0.4, -0.2) is 52.4 Å². The Balaban J connectivity index is 3.19. The van der Waals surface area contributed by atoms with E-state index < -0.39 is 0 Å². The first-order valence-electron chi connectivity index (χ1n) is 10.2. The van der Waals surface area contributed by atoms with Crippen LogP contribution < -0.4 is 21.3 Å². The summed E-state index contributed by atoms with van der Waals surface area (Å²) in [5.74, 6) is 0. The van der Waals surface area contributed by atoms with Crippen LogP contribution in [0.5, 0.6) is 0 Å². The molecule has 4 nitrogen and oxygen atoms in total. The quantitative estimate of drug-likeness (QED) is 0.214. The Morgan fingerprint density at radius 3 is 1.40 bits per heavy atom. The molecule has 0 aliphatic rings. The minimum Gasteiger partial charge on any atom is -0.314 e. The third-order valence-electron chi connectivity index (χ3n) is 3.78. The van der Waals surface area contributed by atoms with E-state index in [0.717, 1.165) is 52.4 Å². The van der Waals surface area contributed by atoms with E-state index in [1.807, 2.05) is 0 Å². The number of unbranched alkanes of at least 4 members (excludes halogenated alkanes) is 4. The molecule has 0 aromatic carbocycles. The lowest BCUT2D eigenvalue weighted by Crippen LogP contribution is -2.17. The molecule has 4 N–H and O–H groups in total. The van der Waals surface area contributed by atoms with Gasteiger partial charge in [0.25, 0.3) is 0 Å². The third-order valence-corrected chi connectivity index (χ3v) is 3.78. The molecular weight excluding hydrogens is 308 g/mol. The number of likely N-dealkylation sites (N-methyl/N-ethyl adjacent to an activating group) is 1. The van der Waals surface area contributed by atoms with E-state index in [2.05, 4.69) is 71.6 Å². The fraction of sp³-hybridized carbons (Fsp3) is 0.714. The van der Waals surface area contributed by atoms with Gasteiger partial charge in [0.1, 0.15) is 0 Å². The summed E-state index contributed by atoms with van der Waals surface area (Å²) < 4.78 is 0. The Labute approximate surface area is 156 Å². The molecule has 0 saturated carbocycles. The van der Waals surface area contributed by atoms with E-state index >= 15 is 0 Å². The van der Waals surface area contributed by atoms with Crippen LogP contribution in [0.1, 0.15) is 46.0 Å². The monoisotopic (exact) mass is 350 g/mol. The van der Waals surface area contributed by atoms with E-state index in [1.54, 1.807) is 0 Å². The lowest BCUT2D eigenvalue weighted by Gasteiger charge is -2.01. The molecular formula is C21H42N4. The summed E-state index contributed by atoms with van der Waals surface area (Å²) in [5.41, 5.74) is 0. The van der Waals surface area contributed by atoms with E-state index in [1.165, 1.54) is 32.1 Å². The summed E-state index contributed by atoms with van der Waals surface area (Å²) in [7, 11) is 0. The summed E-state index contributed by atoms with van der Waals surface area (Å²) in [6.45, 7) is 12.2. The molecule has 4 heteroatoms. The van der Waals surface area contributed by atoms with Gasteiger partial charge < -0.3 is 21.3 Å². The zero-order chi connectivity index (χ0) is 18.3. The summed E-state index contributed by atoms with van der Waals surface area (Å²) >= 11 is 0. The Morgan fingerprint density at radius 2 is 0.920 bits per heavy atom. The summed E-state index contributed by atoms with van der Waals surface area (Å²) in [5, 5.41) is 13.5. The van der Waals surface area contributed by atoms with Crippen molar-refractivity contribution in [3.63, 3.8) is 0 Å². The second kappa shape index (κ2) is 23.1. The molecule has 146 valence electrons. The van der Waals surface area contributed by atoms with Crippen molar-refractivity contribution in [3.05, 3.63) is 36.5 Å². The number of rotatable bonds is 19. The van der Waals surface area contributed by atoms with Gasteiger partial charge in [0.2, 0.25) is 0 Å². The van der Waals surface area contributed by atoms with Crippen molar-refractivity contribution in [1.82, 2.24) is 21.3 Å². The maximum absolute atomic E-state index is 3.46. The van der Waals surface area contributed by atoms with Crippen LogP contribution in [-0.2, 0) is 0 Å². The van der Waals surface area contributed by atoms with Gasteiger partial charge >= 0.3 is 0 Å². The third kappa shape index (κ3) is 23.1. The molecule has 0 aliphatic heterocycles. The Hall–Kier alpha value is -0.940. The number of nitrogens with one attached hydrogen (secondary N) is 4. The first-order valence-corrected chi connectivity index (χ1v) is 10.2. The van der Waals surface area contributed by atoms with Crippen molar-refractivity contribution in [1.29, 1.82) is 0 Å². The van der Waals surface area contributed by atoms with E-state index in [4.69, 9.17) is 0 Å². The van der Waals surface area contributed by atoms with Crippen LogP contribution in [0.15, 0.2) is 36.5 Å². The van der Waals surface area contributed by atoms with Gasteiger partial charge in [-0.3, -0.25) is 0 Å². The molecule has 0 aromatic heterocycles. The standard InChI is InChI=1S/C21H42N4/c1-3-5-6-7-8-16-23-18-11-12-20-25-21-14-13-19-24-17-10-9-15-22-4-2/h9-14,22-25H,3-8,15-21H2,1-2H3/b10-9-,12-11-,14-13-. The van der Waals surface area contributed by atoms with Crippen molar-refractivity contribution in [2.24, 2.45) is 0 Å². The zero-order valence-corrected chi connectivity index (χ0v) is 16.7. The summed E-state index contributed by atoms with van der Waals surface area (Å²) in [6.07, 6.45) is 19.8. The van der Waals surface area contributed by atoms with Gasteiger partial charge in [-0.25, -0.2) is 0 Å². The van der Waals surface area contributed by atoms with Crippen LogP contribution in [0, 0.1) is 0 Å². The van der Waals surface area contributed by atoms with Crippen molar-refractivity contribution >= 4 is 0 Å². The number of hydrogen-bond acceptors (Lipinski definition) is 4. The fourth-order valence-corrected chi connectivity index (χ4v) is 2.27. The largest absolute Gasteiger partial charge is 0.314 e. The summed E-state index contributed by atoms with van der Waals surface area (Å²) in [6, 6.07) is 0. The lowest BCUT2D eigenvalue weighted by molar-refractivity contribution is 0.600. The van der Waals surface area contributed by atoms with Gasteiger partial charge in [-0.15, -0.1) is 0 Å². The molecule has 0 fully saturated rings. The van der Waals surface area contributed by atoms with Gasteiger partial charge in [-0.05, 0) is 19.5 Å². The Bertz CT molecular complexity index is 324. The fourth-order valence-electron chi connectivity index (χ4n) is 2.27. The first kappa shape index (κ1) is 24.1. The highest BCUT2D eigenvalue weighted by atomic mass is 14.9. The zero-order valence-electron chi connectivity index (χ0n) is 16.7. The molecule has 0 heterocycles. The maximum atomic E-state index is 3.46. The topological polar surface area (TPSA) is 48.1 Å². The van der Waals surface area contributed by atoms with Crippen molar-refractivity contribution < 1.29 is 0 Å². The van der Waals surface area contributed by atoms with E-state index in [9.17, 15) is 0 Å².